The molecule has 1 atom stereocenters. The fourth-order valence-electron chi connectivity index (χ4n) is 3.67. The monoisotopic (exact) mass is 412 g/mol. The van der Waals surface area contributed by atoms with Gasteiger partial charge in [0.25, 0.3) is 5.91 Å². The summed E-state index contributed by atoms with van der Waals surface area (Å²) in [5.74, 6) is -0.181. The molecular weight excluding hydrogens is 392 g/mol. The van der Waals surface area contributed by atoms with E-state index in [-0.39, 0.29) is 23.3 Å². The molecule has 0 radical (unpaired) electrons. The van der Waals surface area contributed by atoms with E-state index >= 15 is 0 Å². The van der Waals surface area contributed by atoms with E-state index in [1.165, 1.54) is 10.6 Å². The highest BCUT2D eigenvalue weighted by molar-refractivity contribution is 6.02. The van der Waals surface area contributed by atoms with E-state index in [1.54, 1.807) is 19.3 Å². The molecule has 0 spiro atoms. The van der Waals surface area contributed by atoms with Gasteiger partial charge in [0.15, 0.2) is 0 Å². The van der Waals surface area contributed by atoms with Crippen molar-refractivity contribution >= 4 is 27.8 Å². The zero-order valence-electron chi connectivity index (χ0n) is 17.0. The second-order valence-electron chi connectivity index (χ2n) is 7.53. The number of amides is 1. The van der Waals surface area contributed by atoms with Crippen LogP contribution in [0.1, 0.15) is 29.1 Å². The predicted octanol–water partition coefficient (Wildman–Crippen LogP) is 3.30. The molecule has 31 heavy (non-hydrogen) atoms. The molecule has 5 aromatic rings. The number of H-pyrrole nitrogens is 2. The third kappa shape index (κ3) is 3.38. The van der Waals surface area contributed by atoms with Crippen molar-refractivity contribution < 1.29 is 4.79 Å². The van der Waals surface area contributed by atoms with E-state index in [4.69, 9.17) is 0 Å². The van der Waals surface area contributed by atoms with Gasteiger partial charge in [-0.15, -0.1) is 0 Å². The van der Waals surface area contributed by atoms with Crippen LogP contribution in [0.3, 0.4) is 0 Å². The van der Waals surface area contributed by atoms with E-state index in [1.807, 2.05) is 49.4 Å². The van der Waals surface area contributed by atoms with Crippen molar-refractivity contribution in [2.45, 2.75) is 13.0 Å². The number of rotatable bonds is 4. The van der Waals surface area contributed by atoms with E-state index in [0.717, 1.165) is 27.7 Å². The topological polar surface area (TPSA) is 108 Å². The van der Waals surface area contributed by atoms with Gasteiger partial charge >= 0.3 is 0 Å². The number of fused-ring (bicyclic) bond motifs is 2. The van der Waals surface area contributed by atoms with Crippen molar-refractivity contribution in [3.63, 3.8) is 0 Å². The number of nitrogens with one attached hydrogen (secondary N) is 3. The maximum atomic E-state index is 12.7. The molecule has 5 rings (SSSR count). The maximum Gasteiger partial charge on any atom is 0.289 e. The summed E-state index contributed by atoms with van der Waals surface area (Å²) in [5, 5.41) is 10.1. The minimum Gasteiger partial charge on any atom is -0.343 e. The largest absolute Gasteiger partial charge is 0.343 e. The van der Waals surface area contributed by atoms with Crippen LogP contribution in [-0.2, 0) is 7.05 Å². The summed E-state index contributed by atoms with van der Waals surface area (Å²) in [7, 11) is 1.71. The summed E-state index contributed by atoms with van der Waals surface area (Å²) in [6, 6.07) is 16.6. The molecule has 8 nitrogen and oxygen atoms in total. The maximum absolute atomic E-state index is 12.7. The molecule has 3 aromatic heterocycles. The fourth-order valence-corrected chi connectivity index (χ4v) is 3.67. The highest BCUT2D eigenvalue weighted by Crippen LogP contribution is 2.28. The van der Waals surface area contributed by atoms with Crippen LogP contribution in [0.2, 0.25) is 0 Å². The first-order valence-electron chi connectivity index (χ1n) is 9.90. The number of aromatic amines is 2. The molecule has 0 fully saturated rings. The number of benzene rings is 2. The Hall–Kier alpha value is -4.20. The van der Waals surface area contributed by atoms with Crippen molar-refractivity contribution in [2.75, 3.05) is 0 Å². The molecule has 2 aromatic carbocycles. The number of pyridine rings is 1. The van der Waals surface area contributed by atoms with Crippen LogP contribution in [0.25, 0.3) is 33.2 Å². The van der Waals surface area contributed by atoms with Crippen molar-refractivity contribution in [3.8, 4) is 11.3 Å². The van der Waals surface area contributed by atoms with Crippen LogP contribution in [0, 0.1) is 0 Å². The van der Waals surface area contributed by atoms with Crippen LogP contribution in [0.5, 0.6) is 0 Å². The molecule has 0 bridgehead atoms. The summed E-state index contributed by atoms with van der Waals surface area (Å²) < 4.78 is 1.53. The van der Waals surface area contributed by atoms with Crippen molar-refractivity contribution in [1.82, 2.24) is 30.0 Å². The van der Waals surface area contributed by atoms with Gasteiger partial charge in [0.05, 0.1) is 28.3 Å². The lowest BCUT2D eigenvalue weighted by molar-refractivity contribution is 0.0930. The normalized spacial score (nSPS) is 12.3. The van der Waals surface area contributed by atoms with Crippen molar-refractivity contribution in [2.24, 2.45) is 7.05 Å². The second-order valence-corrected chi connectivity index (χ2v) is 7.53. The van der Waals surface area contributed by atoms with E-state index < -0.39 is 0 Å². The molecule has 0 aliphatic heterocycles. The van der Waals surface area contributed by atoms with Crippen LogP contribution >= 0.6 is 0 Å². The highest BCUT2D eigenvalue weighted by atomic mass is 16.2. The number of imidazole rings is 1. The molecule has 1 amide bonds. The Morgan fingerprint density at radius 3 is 2.52 bits per heavy atom. The van der Waals surface area contributed by atoms with Crippen molar-refractivity contribution in [3.05, 3.63) is 82.5 Å². The highest BCUT2D eigenvalue weighted by Gasteiger charge is 2.18. The lowest BCUT2D eigenvalue weighted by Gasteiger charge is -2.12. The van der Waals surface area contributed by atoms with Gasteiger partial charge in [0.1, 0.15) is 0 Å². The Balaban J connectivity index is 1.49. The number of hydrogen-bond donors (Lipinski definition) is 3. The molecule has 3 heterocycles. The minimum atomic E-state index is -0.318. The first-order valence-corrected chi connectivity index (χ1v) is 9.90. The van der Waals surface area contributed by atoms with Gasteiger partial charge in [-0.25, -0.2) is 9.97 Å². The Morgan fingerprint density at radius 1 is 1.03 bits per heavy atom. The summed E-state index contributed by atoms with van der Waals surface area (Å²) in [6.07, 6.45) is 1.77. The summed E-state index contributed by atoms with van der Waals surface area (Å²) in [5.41, 5.74) is 4.73. The van der Waals surface area contributed by atoms with E-state index in [2.05, 4.69) is 25.5 Å². The zero-order valence-corrected chi connectivity index (χ0v) is 17.0. The zero-order chi connectivity index (χ0) is 21.5. The number of hydrogen-bond acceptors (Lipinski definition) is 4. The fraction of sp³-hybridized carbons (Fsp3) is 0.130. The molecule has 3 N–H and O–H groups in total. The average Bonchev–Trinajstić information content (AvgIpc) is 3.38. The number of aromatic nitrogens is 5. The van der Waals surface area contributed by atoms with Crippen LogP contribution in [0.4, 0.5) is 0 Å². The van der Waals surface area contributed by atoms with Gasteiger partial charge in [-0.3, -0.25) is 14.7 Å². The first kappa shape index (κ1) is 18.8. The molecule has 0 aliphatic rings. The van der Waals surface area contributed by atoms with Gasteiger partial charge in [0.2, 0.25) is 11.4 Å². The lowest BCUT2D eigenvalue weighted by Crippen LogP contribution is -2.27. The molecule has 0 saturated heterocycles. The molecule has 0 aliphatic carbocycles. The lowest BCUT2D eigenvalue weighted by atomic mass is 10.1. The van der Waals surface area contributed by atoms with Gasteiger partial charge in [-0.05, 0) is 30.7 Å². The third-order valence-electron chi connectivity index (χ3n) is 5.38. The molecule has 8 heteroatoms. The SMILES string of the molecule is C[C@@H](NC(=O)c1nc2cc3[nH][nH]c(-c4ccc(=O)n(C)c4)c3cc2n1)c1ccccc1. The smallest absolute Gasteiger partial charge is 0.289 e. The van der Waals surface area contributed by atoms with E-state index in [9.17, 15) is 9.59 Å². The Bertz CT molecular complexity index is 1480. The number of aryl methyl sites for hydroxylation is 1. The number of carbonyl (C=O) groups is 1. The molecule has 154 valence electrons. The molecule has 0 unspecified atom stereocenters. The average molecular weight is 412 g/mol. The van der Waals surface area contributed by atoms with Crippen LogP contribution in [-0.4, -0.2) is 30.6 Å². The molecule has 0 saturated carbocycles. The Kier molecular flexibility index (Phi) is 4.39. The van der Waals surface area contributed by atoms with Crippen LogP contribution in [0.15, 0.2) is 65.6 Å². The Labute approximate surface area is 176 Å². The third-order valence-corrected chi connectivity index (χ3v) is 5.38. The van der Waals surface area contributed by atoms with Crippen LogP contribution < -0.4 is 10.9 Å². The van der Waals surface area contributed by atoms with Gasteiger partial charge < -0.3 is 15.0 Å². The number of carbonyl (C=O) groups excluding carboxylic acids is 1. The van der Waals surface area contributed by atoms with E-state index in [0.29, 0.717) is 11.0 Å². The predicted molar refractivity (Wildman–Crippen MR) is 119 cm³/mol. The summed E-state index contributed by atoms with van der Waals surface area (Å²) in [6.45, 7) is 1.93. The molecular formula is C23H20N6O2. The summed E-state index contributed by atoms with van der Waals surface area (Å²) >= 11 is 0. The quantitative estimate of drug-likeness (QED) is 0.421. The van der Waals surface area contributed by atoms with Gasteiger partial charge in [0, 0.05) is 30.3 Å². The first-order chi connectivity index (χ1) is 15.0. The number of nitrogens with zero attached hydrogens (tertiary/aromatic N) is 3. The minimum absolute atomic E-state index is 0.0757. The van der Waals surface area contributed by atoms with Gasteiger partial charge in [-0.2, -0.15) is 0 Å². The second kappa shape index (κ2) is 7.24. The van der Waals surface area contributed by atoms with Crippen molar-refractivity contribution in [1.29, 1.82) is 0 Å². The standard InChI is InChI=1S/C23H20N6O2/c1-13(14-6-4-3-5-7-14)24-23(31)22-25-18-10-16-17(11-19(18)26-22)27-28-21(16)15-8-9-20(30)29(2)12-15/h3-13,27-28H,1-2H3,(H,24,31)/t13-/m1/s1. The van der Waals surface area contributed by atoms with Gasteiger partial charge in [-0.1, -0.05) is 30.3 Å². The Morgan fingerprint density at radius 2 is 1.77 bits per heavy atom. The summed E-state index contributed by atoms with van der Waals surface area (Å²) in [4.78, 5) is 33.3.